The first-order chi connectivity index (χ1) is 35.1. The lowest BCUT2D eigenvalue weighted by molar-refractivity contribution is -0.393. The number of thiazole rings is 1. The van der Waals surface area contributed by atoms with Crippen LogP contribution in [-0.4, -0.2) is 105 Å². The highest BCUT2D eigenvalue weighted by molar-refractivity contribution is 7.11. The number of hydrogen-bond donors (Lipinski definition) is 4. The van der Waals surface area contributed by atoms with Crippen molar-refractivity contribution in [2.75, 3.05) is 33.9 Å². The fourth-order valence-electron chi connectivity index (χ4n) is 11.6. The number of ether oxygens (including phenoxy) is 4. The van der Waals surface area contributed by atoms with Crippen molar-refractivity contribution in [2.24, 2.45) is 11.8 Å². The van der Waals surface area contributed by atoms with Crippen molar-refractivity contribution in [1.29, 1.82) is 0 Å². The number of aromatic amines is 4. The zero-order valence-corrected chi connectivity index (χ0v) is 43.8. The van der Waals surface area contributed by atoms with Gasteiger partial charge in [-0.2, -0.15) is 0 Å². The molecule has 6 N–H and O–H groups in total. The molecule has 18 nitrogen and oxygen atoms in total. The maximum atomic E-state index is 14.5. The highest BCUT2D eigenvalue weighted by Gasteiger charge is 2.45. The monoisotopic (exact) mass is 1020 g/mol. The van der Waals surface area contributed by atoms with Gasteiger partial charge in [0, 0.05) is 48.0 Å². The van der Waals surface area contributed by atoms with Crippen molar-refractivity contribution in [1.82, 2.24) is 40.0 Å². The minimum Gasteiger partial charge on any atom is -0.464 e. The van der Waals surface area contributed by atoms with E-state index in [9.17, 15) is 19.2 Å². The second-order valence-corrected chi connectivity index (χ2v) is 22.1. The molecule has 386 valence electrons. The summed E-state index contributed by atoms with van der Waals surface area (Å²) in [5, 5.41) is 7.74. The molecular weight excluding hydrogens is 949 g/mol. The number of carbonyl (C=O) groups excluding carboxylic acids is 4. The molecule has 4 amide bonds. The summed E-state index contributed by atoms with van der Waals surface area (Å²) in [6.07, 6.45) is 10.5. The molecule has 0 aliphatic carbocycles. The van der Waals surface area contributed by atoms with Crippen molar-refractivity contribution in [3.8, 4) is 39.5 Å². The van der Waals surface area contributed by atoms with Crippen LogP contribution >= 0.6 is 11.3 Å². The maximum Gasteiger partial charge on any atom is 0.407 e. The van der Waals surface area contributed by atoms with Crippen molar-refractivity contribution in [3.63, 3.8) is 0 Å². The predicted molar refractivity (Wildman–Crippen MR) is 273 cm³/mol. The number of carbonyl (C=O) groups is 4. The largest absolute Gasteiger partial charge is 0.464 e. The number of likely N-dealkylation sites (tertiary alicyclic amines) is 2. The molecular formula is C54H68N10O8S+2. The van der Waals surface area contributed by atoms with Crippen molar-refractivity contribution in [3.05, 3.63) is 82.1 Å². The Morgan fingerprint density at radius 2 is 1.56 bits per heavy atom. The van der Waals surface area contributed by atoms with Gasteiger partial charge >= 0.3 is 12.2 Å². The molecule has 10 rings (SSSR count). The van der Waals surface area contributed by atoms with Crippen LogP contribution in [0.1, 0.15) is 125 Å². The van der Waals surface area contributed by atoms with Gasteiger partial charge in [-0.15, -0.1) is 11.3 Å². The van der Waals surface area contributed by atoms with Crippen LogP contribution in [0.3, 0.4) is 0 Å². The number of aryl methyl sites for hydroxylation is 2. The quantitative estimate of drug-likeness (QED) is 0.0876. The topological polar surface area (TPSA) is 213 Å². The molecule has 19 heteroatoms. The van der Waals surface area contributed by atoms with Crippen LogP contribution < -0.4 is 25.3 Å². The van der Waals surface area contributed by atoms with Gasteiger partial charge in [-0.3, -0.25) is 14.2 Å². The highest BCUT2D eigenvalue weighted by atomic mass is 32.1. The summed E-state index contributed by atoms with van der Waals surface area (Å²) in [6, 6.07) is 11.1. The Balaban J connectivity index is 0.950. The van der Waals surface area contributed by atoms with Gasteiger partial charge in [0.25, 0.3) is 11.6 Å². The third kappa shape index (κ3) is 9.68. The number of imidazole rings is 2. The average molecular weight is 1020 g/mol. The lowest BCUT2D eigenvalue weighted by Gasteiger charge is -2.40. The second-order valence-electron chi connectivity index (χ2n) is 20.9. The van der Waals surface area contributed by atoms with Gasteiger partial charge in [0.2, 0.25) is 18.0 Å². The number of rotatable bonds is 13. The summed E-state index contributed by atoms with van der Waals surface area (Å²) in [5.41, 5.74) is 7.36. The number of alkyl carbamates (subject to hydrolysis) is 2. The Labute approximate surface area is 428 Å². The number of amides is 4. The average Bonchev–Trinajstić information content (AvgIpc) is 4.24. The maximum absolute atomic E-state index is 14.5. The molecule has 8 heterocycles. The molecule has 73 heavy (non-hydrogen) atoms. The van der Waals surface area contributed by atoms with Crippen LogP contribution in [0, 0.1) is 18.8 Å². The van der Waals surface area contributed by atoms with Crippen LogP contribution in [0.25, 0.3) is 44.7 Å². The van der Waals surface area contributed by atoms with Gasteiger partial charge in [-0.1, -0.05) is 20.8 Å². The van der Waals surface area contributed by atoms with Gasteiger partial charge in [-0.05, 0) is 126 Å². The molecule has 3 unspecified atom stereocenters. The molecule has 0 spiro atoms. The summed E-state index contributed by atoms with van der Waals surface area (Å²) in [7, 11) is 2.62. The van der Waals surface area contributed by atoms with Crippen LogP contribution in [0.5, 0.6) is 5.75 Å². The summed E-state index contributed by atoms with van der Waals surface area (Å²) in [5.74, 6) is 1.92. The number of benzene rings is 2. The lowest BCUT2D eigenvalue weighted by Crippen LogP contribution is -2.55. The van der Waals surface area contributed by atoms with E-state index in [1.54, 1.807) is 11.3 Å². The zero-order valence-electron chi connectivity index (χ0n) is 43.0. The third-order valence-corrected chi connectivity index (χ3v) is 16.2. The van der Waals surface area contributed by atoms with Gasteiger partial charge in [-0.25, -0.2) is 34.5 Å². The summed E-state index contributed by atoms with van der Waals surface area (Å²) in [4.78, 5) is 76.9. The normalized spacial score (nSPS) is 21.1. The molecule has 0 saturated carbocycles. The van der Waals surface area contributed by atoms with Gasteiger partial charge in [0.05, 0.1) is 40.9 Å². The minimum atomic E-state index is -0.736. The predicted octanol–water partition coefficient (Wildman–Crippen LogP) is 8.22. The lowest BCUT2D eigenvalue weighted by atomic mass is 9.82. The Morgan fingerprint density at radius 1 is 0.890 bits per heavy atom. The van der Waals surface area contributed by atoms with E-state index in [1.165, 1.54) is 14.2 Å². The molecule has 0 radical (unpaired) electrons. The van der Waals surface area contributed by atoms with Gasteiger partial charge < -0.3 is 39.4 Å². The Morgan fingerprint density at radius 3 is 2.22 bits per heavy atom. The zero-order chi connectivity index (χ0) is 51.3. The van der Waals surface area contributed by atoms with Crippen LogP contribution in [0.2, 0.25) is 0 Å². The molecule has 4 aliphatic heterocycles. The van der Waals surface area contributed by atoms with Crippen LogP contribution in [0.15, 0.2) is 55.0 Å². The molecule has 2 aromatic carbocycles. The molecule has 6 aromatic rings. The van der Waals surface area contributed by atoms with E-state index in [0.717, 1.165) is 116 Å². The van der Waals surface area contributed by atoms with E-state index in [1.807, 2.05) is 56.1 Å². The number of H-pyrrole nitrogens is 4. The number of hydrogen-bond acceptors (Lipinski definition) is 10. The van der Waals surface area contributed by atoms with Gasteiger partial charge in [0.15, 0.2) is 11.4 Å². The number of methoxy groups -OCH3 is 2. The Bertz CT molecular complexity index is 3040. The van der Waals surface area contributed by atoms with E-state index in [0.29, 0.717) is 32.5 Å². The first-order valence-corrected chi connectivity index (χ1v) is 26.5. The molecule has 3 fully saturated rings. The van der Waals surface area contributed by atoms with E-state index in [4.69, 9.17) is 23.9 Å². The van der Waals surface area contributed by atoms with Gasteiger partial charge in [0.1, 0.15) is 42.3 Å². The van der Waals surface area contributed by atoms with Crippen molar-refractivity contribution in [2.45, 2.75) is 129 Å². The van der Waals surface area contributed by atoms with E-state index in [-0.39, 0.29) is 35.7 Å². The van der Waals surface area contributed by atoms with E-state index >= 15 is 0 Å². The molecule has 4 aliphatic rings. The number of fused-ring (bicyclic) bond motifs is 5. The first-order valence-electron chi connectivity index (χ1n) is 25.7. The third-order valence-electron chi connectivity index (χ3n) is 15.1. The number of aromatic nitrogens is 6. The van der Waals surface area contributed by atoms with E-state index < -0.39 is 36.1 Å². The van der Waals surface area contributed by atoms with E-state index in [2.05, 4.69) is 85.4 Å². The summed E-state index contributed by atoms with van der Waals surface area (Å²) < 4.78 is 25.2. The SMILES string of the molecule is CCCc1ncc(C2Oc3cc(-c4c[nH+]c([C@@H]5CCCN5C(=O)[C@@H](NC(=O)OC)C(C)C)[nH]4)cc(C)c3-c3cc4cc(-c5c[nH+]c([C@@H]6CCCN6C(=O)C(NC(=O)OC)C6CCOC(C)(C)C6)[nH]5)ccc4n32)s1. The van der Waals surface area contributed by atoms with Crippen molar-refractivity contribution >= 4 is 46.2 Å². The summed E-state index contributed by atoms with van der Waals surface area (Å²) >= 11 is 1.68. The smallest absolute Gasteiger partial charge is 0.407 e. The molecule has 0 bridgehead atoms. The van der Waals surface area contributed by atoms with Crippen LogP contribution in [0.4, 0.5) is 9.59 Å². The second kappa shape index (κ2) is 20.3. The molecule has 3 saturated heterocycles. The standard InChI is InChI=1S/C54H66N10O8S/c1-9-12-43-55-28-42(73-43)51-64-37-16-15-31(35-26-56-47(58-35)39-14-11-19-63(39)50(66)46(61-53(68)70-8)32-17-20-71-54(5,6)25-32)22-34(37)23-40(64)44-30(4)21-33(24-41(44)72-51)36-27-57-48(59-36)38-13-10-18-62(38)49(65)45(29(2)3)60-52(67)69-7/h15-16,21-24,26-29,32,38-39,45-46,51H,9-14,17-20,25H2,1-8H3,(H,56,58)(H,57,59)(H,60,67)(H,61,68)/p+2/t32?,38-,39-,45-,46?,51?/m0/s1. The van der Waals surface area contributed by atoms with Crippen molar-refractivity contribution < 1.29 is 48.1 Å². The highest BCUT2D eigenvalue weighted by Crippen LogP contribution is 2.48. The molecule has 4 aromatic heterocycles. The minimum absolute atomic E-state index is 0.0977. The Kier molecular flexibility index (Phi) is 13.9. The van der Waals surface area contributed by atoms with Crippen LogP contribution in [-0.2, 0) is 30.2 Å². The fourth-order valence-corrected chi connectivity index (χ4v) is 12.6. The summed E-state index contributed by atoms with van der Waals surface area (Å²) in [6.45, 7) is 13.8. The fraction of sp³-hybridized carbons (Fsp3) is 0.500. The number of nitrogens with one attached hydrogen (secondary N) is 6. The first kappa shape index (κ1) is 49.8. The Hall–Kier alpha value is -6.73. The molecule has 6 atom stereocenters. The number of nitrogens with zero attached hydrogens (tertiary/aromatic N) is 4.